The molecule has 2 N–H and O–H groups in total. The molecule has 0 aliphatic heterocycles. The highest BCUT2D eigenvalue weighted by atomic mass is 16.5. The van der Waals surface area contributed by atoms with E-state index in [4.69, 9.17) is 9.15 Å². The molecule has 1 aliphatic rings. The summed E-state index contributed by atoms with van der Waals surface area (Å²) in [6, 6.07) is 4.21. The molecule has 1 heterocycles. The normalized spacial score (nSPS) is 23.6. The number of hydrogen-bond donors (Lipinski definition) is 2. The zero-order chi connectivity index (χ0) is 13.7. The van der Waals surface area contributed by atoms with Crippen LogP contribution in [0.3, 0.4) is 0 Å². The van der Waals surface area contributed by atoms with Crippen molar-refractivity contribution >= 4 is 0 Å². The molecular formula is C15H25NO3. The maximum absolute atomic E-state index is 9.89. The topological polar surface area (TPSA) is 54.6 Å². The van der Waals surface area contributed by atoms with Gasteiger partial charge in [-0.25, -0.2) is 0 Å². The fourth-order valence-electron chi connectivity index (χ4n) is 2.73. The summed E-state index contributed by atoms with van der Waals surface area (Å²) >= 11 is 0. The summed E-state index contributed by atoms with van der Waals surface area (Å²) in [4.78, 5) is 0. The van der Waals surface area contributed by atoms with Crippen molar-refractivity contribution < 1.29 is 14.3 Å². The minimum atomic E-state index is -0.466. The van der Waals surface area contributed by atoms with Gasteiger partial charge in [-0.15, -0.1) is 0 Å². The van der Waals surface area contributed by atoms with Crippen molar-refractivity contribution in [1.82, 2.24) is 5.32 Å². The second-order valence-corrected chi connectivity index (χ2v) is 6.09. The average molecular weight is 267 g/mol. The summed E-state index contributed by atoms with van der Waals surface area (Å²) in [5.41, 5.74) is 0.342. The van der Waals surface area contributed by atoms with Gasteiger partial charge in [0.2, 0.25) is 0 Å². The van der Waals surface area contributed by atoms with Gasteiger partial charge in [0.1, 0.15) is 12.4 Å². The van der Waals surface area contributed by atoms with Crippen molar-refractivity contribution in [2.45, 2.75) is 51.9 Å². The lowest BCUT2D eigenvalue weighted by atomic mass is 9.87. The van der Waals surface area contributed by atoms with Crippen LogP contribution in [0.2, 0.25) is 0 Å². The lowest BCUT2D eigenvalue weighted by molar-refractivity contribution is 0.0201. The van der Waals surface area contributed by atoms with Gasteiger partial charge >= 0.3 is 0 Å². The number of nitrogens with one attached hydrogen (secondary N) is 1. The van der Waals surface area contributed by atoms with E-state index >= 15 is 0 Å². The SMILES string of the molecule is CC1(C)CCCC1NCC(O)COCc1ccco1. The molecule has 1 saturated carbocycles. The lowest BCUT2D eigenvalue weighted by Gasteiger charge is -2.28. The third-order valence-electron chi connectivity index (χ3n) is 3.99. The number of rotatable bonds is 7. The third-order valence-corrected chi connectivity index (χ3v) is 3.99. The van der Waals surface area contributed by atoms with Crippen LogP contribution in [-0.2, 0) is 11.3 Å². The Morgan fingerprint density at radius 1 is 1.58 bits per heavy atom. The second-order valence-electron chi connectivity index (χ2n) is 6.09. The summed E-state index contributed by atoms with van der Waals surface area (Å²) in [6.45, 7) is 5.92. The van der Waals surface area contributed by atoms with Crippen LogP contribution in [0.1, 0.15) is 38.9 Å². The van der Waals surface area contributed by atoms with Gasteiger partial charge in [-0.1, -0.05) is 20.3 Å². The number of aliphatic hydroxyl groups is 1. The molecule has 0 radical (unpaired) electrons. The molecule has 0 spiro atoms. The quantitative estimate of drug-likeness (QED) is 0.796. The highest BCUT2D eigenvalue weighted by molar-refractivity contribution is 4.96. The molecule has 1 aromatic rings. The second kappa shape index (κ2) is 6.55. The van der Waals surface area contributed by atoms with Gasteiger partial charge in [-0.2, -0.15) is 0 Å². The molecule has 2 atom stereocenters. The van der Waals surface area contributed by atoms with Gasteiger partial charge in [0.25, 0.3) is 0 Å². The van der Waals surface area contributed by atoms with Gasteiger partial charge in [-0.05, 0) is 30.4 Å². The first kappa shape index (κ1) is 14.6. The number of ether oxygens (including phenoxy) is 1. The van der Waals surface area contributed by atoms with Gasteiger partial charge in [0.15, 0.2) is 0 Å². The Bertz CT molecular complexity index is 361. The first-order valence-electron chi connectivity index (χ1n) is 7.09. The highest BCUT2D eigenvalue weighted by Gasteiger charge is 2.34. The van der Waals surface area contributed by atoms with Crippen LogP contribution < -0.4 is 5.32 Å². The van der Waals surface area contributed by atoms with Crippen LogP contribution in [0.25, 0.3) is 0 Å². The molecule has 0 bridgehead atoms. The van der Waals surface area contributed by atoms with E-state index < -0.39 is 6.10 Å². The van der Waals surface area contributed by atoms with Crippen LogP contribution in [0, 0.1) is 5.41 Å². The van der Waals surface area contributed by atoms with Crippen LogP contribution in [0.15, 0.2) is 22.8 Å². The van der Waals surface area contributed by atoms with Crippen molar-refractivity contribution in [3.05, 3.63) is 24.2 Å². The van der Waals surface area contributed by atoms with E-state index in [2.05, 4.69) is 19.2 Å². The zero-order valence-electron chi connectivity index (χ0n) is 11.9. The van der Waals surface area contributed by atoms with Gasteiger partial charge in [-0.3, -0.25) is 0 Å². The molecule has 0 aromatic carbocycles. The van der Waals surface area contributed by atoms with Crippen molar-refractivity contribution in [3.63, 3.8) is 0 Å². The Morgan fingerprint density at radius 3 is 3.05 bits per heavy atom. The van der Waals surface area contributed by atoms with E-state index in [-0.39, 0.29) is 0 Å². The monoisotopic (exact) mass is 267 g/mol. The first-order valence-corrected chi connectivity index (χ1v) is 7.09. The van der Waals surface area contributed by atoms with Crippen molar-refractivity contribution in [2.24, 2.45) is 5.41 Å². The van der Waals surface area contributed by atoms with E-state index in [9.17, 15) is 5.11 Å². The highest BCUT2D eigenvalue weighted by Crippen LogP contribution is 2.36. The number of aliphatic hydroxyl groups excluding tert-OH is 1. The van der Waals surface area contributed by atoms with E-state index in [0.29, 0.717) is 31.2 Å². The van der Waals surface area contributed by atoms with Crippen molar-refractivity contribution in [3.8, 4) is 0 Å². The zero-order valence-corrected chi connectivity index (χ0v) is 11.9. The van der Waals surface area contributed by atoms with E-state index in [1.165, 1.54) is 19.3 Å². The first-order chi connectivity index (χ1) is 9.08. The fraction of sp³-hybridized carbons (Fsp3) is 0.733. The smallest absolute Gasteiger partial charge is 0.129 e. The maximum Gasteiger partial charge on any atom is 0.129 e. The average Bonchev–Trinajstić information content (AvgIpc) is 2.96. The number of hydrogen-bond acceptors (Lipinski definition) is 4. The molecule has 108 valence electrons. The number of furan rings is 1. The van der Waals surface area contributed by atoms with Crippen LogP contribution in [-0.4, -0.2) is 30.4 Å². The minimum Gasteiger partial charge on any atom is -0.467 e. The predicted molar refractivity (Wildman–Crippen MR) is 73.8 cm³/mol. The molecule has 1 aromatic heterocycles. The van der Waals surface area contributed by atoms with Crippen LogP contribution in [0.5, 0.6) is 0 Å². The van der Waals surface area contributed by atoms with E-state index in [0.717, 1.165) is 5.76 Å². The Hall–Kier alpha value is -0.840. The van der Waals surface area contributed by atoms with E-state index in [1.807, 2.05) is 12.1 Å². The lowest BCUT2D eigenvalue weighted by Crippen LogP contribution is -2.42. The van der Waals surface area contributed by atoms with Crippen molar-refractivity contribution in [2.75, 3.05) is 13.2 Å². The fourth-order valence-corrected chi connectivity index (χ4v) is 2.73. The summed E-state index contributed by atoms with van der Waals surface area (Å²) < 4.78 is 10.6. The molecule has 2 unspecified atom stereocenters. The standard InChI is InChI=1S/C15H25NO3/c1-15(2)7-3-6-14(15)16-9-12(17)10-18-11-13-5-4-8-19-13/h4-5,8,12,14,16-17H,3,6-7,9-11H2,1-2H3. The molecule has 1 fully saturated rings. The maximum atomic E-state index is 9.89. The third kappa shape index (κ3) is 4.34. The van der Waals surface area contributed by atoms with Gasteiger partial charge < -0.3 is 19.6 Å². The minimum absolute atomic E-state index is 0.334. The molecule has 4 heteroatoms. The molecule has 0 amide bonds. The van der Waals surface area contributed by atoms with Crippen LogP contribution in [0.4, 0.5) is 0 Å². The molecule has 0 saturated heterocycles. The van der Waals surface area contributed by atoms with E-state index in [1.54, 1.807) is 6.26 Å². The summed E-state index contributed by atoms with van der Waals surface area (Å²) in [5, 5.41) is 13.4. The summed E-state index contributed by atoms with van der Waals surface area (Å²) in [5.74, 6) is 0.789. The predicted octanol–water partition coefficient (Wildman–Crippen LogP) is 2.33. The van der Waals surface area contributed by atoms with Crippen LogP contribution >= 0.6 is 0 Å². The van der Waals surface area contributed by atoms with Crippen molar-refractivity contribution in [1.29, 1.82) is 0 Å². The molecule has 19 heavy (non-hydrogen) atoms. The summed E-state index contributed by atoms with van der Waals surface area (Å²) in [6.07, 6.45) is 4.89. The Kier molecular flexibility index (Phi) is 5.02. The molecule has 2 rings (SSSR count). The summed E-state index contributed by atoms with van der Waals surface area (Å²) in [7, 11) is 0. The molecule has 4 nitrogen and oxygen atoms in total. The molecule has 1 aliphatic carbocycles. The van der Waals surface area contributed by atoms with Gasteiger partial charge in [0, 0.05) is 12.6 Å². The Balaban J connectivity index is 1.60. The molecular weight excluding hydrogens is 242 g/mol. The Labute approximate surface area is 115 Å². The van der Waals surface area contributed by atoms with Gasteiger partial charge in [0.05, 0.1) is 19.0 Å². The largest absolute Gasteiger partial charge is 0.467 e. The Morgan fingerprint density at radius 2 is 2.42 bits per heavy atom.